The Morgan fingerprint density at radius 2 is 1.52 bits per heavy atom. The largest absolute Gasteiger partial charge is 0.457 e. The predicted octanol–water partition coefficient (Wildman–Crippen LogP) is 4.35. The fourth-order valence-corrected chi connectivity index (χ4v) is 1.87. The molecule has 2 aromatic carbocycles. The van der Waals surface area contributed by atoms with Crippen molar-refractivity contribution in [3.63, 3.8) is 0 Å². The molecule has 0 aliphatic heterocycles. The zero-order chi connectivity index (χ0) is 16.9. The average molecular weight is 344 g/mol. The molecule has 0 atom stereocenters. The molecule has 0 unspecified atom stereocenters. The minimum Gasteiger partial charge on any atom is -0.457 e. The third-order valence-electron chi connectivity index (χ3n) is 2.95. The number of rotatable bonds is 5. The zero-order valence-corrected chi connectivity index (χ0v) is 12.6. The Bertz CT molecular complexity index is 655. The van der Waals surface area contributed by atoms with Gasteiger partial charge in [0.25, 0.3) is 0 Å². The monoisotopic (exact) mass is 343 g/mol. The average Bonchev–Trinajstić information content (AvgIpc) is 2.53. The first-order valence-corrected chi connectivity index (χ1v) is 7.18. The van der Waals surface area contributed by atoms with Gasteiger partial charge in [-0.2, -0.15) is 13.2 Å². The second kappa shape index (κ2) is 7.37. The van der Waals surface area contributed by atoms with E-state index in [9.17, 15) is 18.0 Å². The van der Waals surface area contributed by atoms with Crippen molar-refractivity contribution in [3.05, 3.63) is 59.7 Å². The van der Waals surface area contributed by atoms with Crippen LogP contribution in [0.1, 0.15) is 11.1 Å². The van der Waals surface area contributed by atoms with Crippen LogP contribution in [0.2, 0.25) is 0 Å². The predicted molar refractivity (Wildman–Crippen MR) is 80.5 cm³/mol. The van der Waals surface area contributed by atoms with E-state index in [2.05, 4.69) is 5.32 Å². The summed E-state index contributed by atoms with van der Waals surface area (Å²) in [5, 5.41) is 2.62. The van der Waals surface area contributed by atoms with E-state index in [0.29, 0.717) is 18.0 Å². The van der Waals surface area contributed by atoms with Crippen molar-refractivity contribution in [1.82, 2.24) is 5.32 Å². The van der Waals surface area contributed by atoms with E-state index in [-0.39, 0.29) is 11.8 Å². The van der Waals surface area contributed by atoms with Gasteiger partial charge in [0.15, 0.2) is 0 Å². The summed E-state index contributed by atoms with van der Waals surface area (Å²) in [4.78, 5) is 11.0. The summed E-state index contributed by atoms with van der Waals surface area (Å²) in [7, 11) is 0. The van der Waals surface area contributed by atoms with E-state index in [0.717, 1.165) is 17.7 Å². The van der Waals surface area contributed by atoms with Crippen LogP contribution in [-0.2, 0) is 17.5 Å². The van der Waals surface area contributed by atoms with Crippen LogP contribution in [0, 0.1) is 0 Å². The van der Waals surface area contributed by atoms with Gasteiger partial charge < -0.3 is 10.1 Å². The summed E-state index contributed by atoms with van der Waals surface area (Å²) in [6.45, 7) is 0.339. The summed E-state index contributed by atoms with van der Waals surface area (Å²) in [6.07, 6.45) is -4.37. The van der Waals surface area contributed by atoms with Crippen molar-refractivity contribution in [3.8, 4) is 11.5 Å². The number of hydrogen-bond donors (Lipinski definition) is 1. The quantitative estimate of drug-likeness (QED) is 0.819. The number of halogens is 4. The topological polar surface area (TPSA) is 38.3 Å². The maximum atomic E-state index is 12.5. The molecule has 0 aromatic heterocycles. The highest BCUT2D eigenvalue weighted by molar-refractivity contribution is 6.27. The van der Waals surface area contributed by atoms with E-state index >= 15 is 0 Å². The van der Waals surface area contributed by atoms with E-state index in [1.54, 1.807) is 24.3 Å². The lowest BCUT2D eigenvalue weighted by Crippen LogP contribution is -2.23. The number of amides is 1. The Labute approximate surface area is 136 Å². The molecule has 0 fully saturated rings. The summed E-state index contributed by atoms with van der Waals surface area (Å²) in [6, 6.07) is 11.3. The van der Waals surface area contributed by atoms with Gasteiger partial charge in [-0.3, -0.25) is 4.79 Å². The van der Waals surface area contributed by atoms with Gasteiger partial charge in [0.1, 0.15) is 17.4 Å². The fourth-order valence-electron chi connectivity index (χ4n) is 1.77. The van der Waals surface area contributed by atoms with Crippen LogP contribution in [-0.4, -0.2) is 11.8 Å². The second-order valence-electron chi connectivity index (χ2n) is 4.68. The summed E-state index contributed by atoms with van der Waals surface area (Å²) in [5.41, 5.74) is 0.124. The van der Waals surface area contributed by atoms with Crippen LogP contribution in [0.3, 0.4) is 0 Å². The molecule has 3 nitrogen and oxygen atoms in total. The Kier molecular flexibility index (Phi) is 5.50. The second-order valence-corrected chi connectivity index (χ2v) is 4.95. The Hall–Kier alpha value is -2.21. The fraction of sp³-hybridized carbons (Fsp3) is 0.188. The van der Waals surface area contributed by atoms with Crippen LogP contribution in [0.4, 0.5) is 13.2 Å². The number of benzene rings is 2. The third kappa shape index (κ3) is 5.17. The van der Waals surface area contributed by atoms with Gasteiger partial charge in [0, 0.05) is 6.54 Å². The van der Waals surface area contributed by atoms with Gasteiger partial charge in [0.2, 0.25) is 5.91 Å². The third-order valence-corrected chi connectivity index (χ3v) is 3.19. The van der Waals surface area contributed by atoms with Crippen molar-refractivity contribution in [2.75, 3.05) is 5.88 Å². The molecule has 0 aliphatic rings. The summed E-state index contributed by atoms with van der Waals surface area (Å²) in [5.74, 6) is 0.421. The minimum absolute atomic E-state index is 0.102. The van der Waals surface area contributed by atoms with Gasteiger partial charge in [-0.15, -0.1) is 11.6 Å². The number of hydrogen-bond acceptors (Lipinski definition) is 2. The van der Waals surface area contributed by atoms with Crippen LogP contribution < -0.4 is 10.1 Å². The molecule has 2 aromatic rings. The van der Waals surface area contributed by atoms with Crippen LogP contribution in [0.25, 0.3) is 0 Å². The highest BCUT2D eigenvalue weighted by Gasteiger charge is 2.30. The van der Waals surface area contributed by atoms with E-state index in [4.69, 9.17) is 16.3 Å². The standard InChI is InChI=1S/C16H13ClF3NO2/c17-9-15(22)21-10-11-1-5-13(6-2-11)23-14-7-3-12(4-8-14)16(18,19)20/h1-8H,9-10H2,(H,21,22). The molecule has 0 aliphatic carbocycles. The molecule has 1 amide bonds. The highest BCUT2D eigenvalue weighted by Crippen LogP contribution is 2.31. The van der Waals surface area contributed by atoms with E-state index in [1.807, 2.05) is 0 Å². The molecular weight excluding hydrogens is 331 g/mol. The van der Waals surface area contributed by atoms with Crippen LogP contribution in [0.15, 0.2) is 48.5 Å². The molecule has 23 heavy (non-hydrogen) atoms. The molecule has 0 saturated heterocycles. The Balaban J connectivity index is 1.96. The lowest BCUT2D eigenvalue weighted by molar-refractivity contribution is -0.137. The highest BCUT2D eigenvalue weighted by atomic mass is 35.5. The molecule has 1 N–H and O–H groups in total. The van der Waals surface area contributed by atoms with Gasteiger partial charge in [-0.1, -0.05) is 12.1 Å². The molecule has 0 spiro atoms. The lowest BCUT2D eigenvalue weighted by Gasteiger charge is -2.09. The minimum atomic E-state index is -4.37. The number of ether oxygens (including phenoxy) is 1. The van der Waals surface area contributed by atoms with E-state index in [1.165, 1.54) is 12.1 Å². The smallest absolute Gasteiger partial charge is 0.416 e. The molecular formula is C16H13ClF3NO2. The van der Waals surface area contributed by atoms with Gasteiger partial charge in [-0.25, -0.2) is 0 Å². The number of carbonyl (C=O) groups is 1. The van der Waals surface area contributed by atoms with Gasteiger partial charge in [-0.05, 0) is 42.0 Å². The van der Waals surface area contributed by atoms with Gasteiger partial charge in [0.05, 0.1) is 5.56 Å². The molecule has 0 saturated carbocycles. The maximum absolute atomic E-state index is 12.5. The van der Waals surface area contributed by atoms with Crippen LogP contribution in [0.5, 0.6) is 11.5 Å². The van der Waals surface area contributed by atoms with Crippen molar-refractivity contribution >= 4 is 17.5 Å². The lowest BCUT2D eigenvalue weighted by atomic mass is 10.2. The zero-order valence-electron chi connectivity index (χ0n) is 11.9. The van der Waals surface area contributed by atoms with Crippen molar-refractivity contribution in [2.24, 2.45) is 0 Å². The first kappa shape index (κ1) is 17.1. The number of nitrogens with one attached hydrogen (secondary N) is 1. The first-order chi connectivity index (χ1) is 10.9. The Morgan fingerprint density at radius 1 is 1.00 bits per heavy atom. The van der Waals surface area contributed by atoms with Crippen molar-refractivity contribution in [2.45, 2.75) is 12.7 Å². The van der Waals surface area contributed by atoms with Gasteiger partial charge >= 0.3 is 6.18 Å². The number of alkyl halides is 4. The summed E-state index contributed by atoms with van der Waals surface area (Å²) < 4.78 is 42.9. The van der Waals surface area contributed by atoms with E-state index < -0.39 is 11.7 Å². The normalized spacial score (nSPS) is 11.1. The summed E-state index contributed by atoms with van der Waals surface area (Å²) >= 11 is 5.37. The molecule has 0 bridgehead atoms. The molecule has 122 valence electrons. The SMILES string of the molecule is O=C(CCl)NCc1ccc(Oc2ccc(C(F)(F)F)cc2)cc1. The first-order valence-electron chi connectivity index (χ1n) is 6.65. The van der Waals surface area contributed by atoms with Crippen LogP contribution >= 0.6 is 11.6 Å². The molecule has 0 radical (unpaired) electrons. The Morgan fingerprint density at radius 3 is 2.00 bits per heavy atom. The maximum Gasteiger partial charge on any atom is 0.416 e. The molecule has 7 heteroatoms. The molecule has 2 rings (SSSR count). The van der Waals surface area contributed by atoms with Crippen molar-refractivity contribution < 1.29 is 22.7 Å². The van der Waals surface area contributed by atoms with Crippen molar-refractivity contribution in [1.29, 1.82) is 0 Å². The molecule has 0 heterocycles. The number of carbonyl (C=O) groups excluding carboxylic acids is 1.